The molecule has 0 aliphatic carbocycles. The Morgan fingerprint density at radius 2 is 1.96 bits per heavy atom. The molecule has 0 unspecified atom stereocenters. The molecule has 0 saturated carbocycles. The van der Waals surface area contributed by atoms with Crippen LogP contribution in [0.3, 0.4) is 0 Å². The van der Waals surface area contributed by atoms with Crippen LogP contribution in [0.5, 0.6) is 0 Å². The average molecular weight is 385 g/mol. The molecule has 0 aliphatic rings. The summed E-state index contributed by atoms with van der Waals surface area (Å²) in [5.41, 5.74) is 1.38. The van der Waals surface area contributed by atoms with Gasteiger partial charge in [-0.15, -0.1) is 11.3 Å². The van der Waals surface area contributed by atoms with Crippen LogP contribution in [0.25, 0.3) is 22.0 Å². The summed E-state index contributed by atoms with van der Waals surface area (Å²) in [5, 5.41) is 5.91. The summed E-state index contributed by atoms with van der Waals surface area (Å²) >= 11 is 1.22. The lowest BCUT2D eigenvalue weighted by atomic mass is 10.1. The average Bonchev–Trinajstić information content (AvgIpc) is 3.36. The Balaban J connectivity index is 1.79. The third kappa shape index (κ3) is 4.81. The van der Waals surface area contributed by atoms with Crippen LogP contribution in [0.15, 0.2) is 53.1 Å². The van der Waals surface area contributed by atoms with Crippen LogP contribution in [-0.4, -0.2) is 43.6 Å². The number of nitrogens with one attached hydrogen (secondary N) is 2. The maximum Gasteiger partial charge on any atom is 0.264 e. The smallest absolute Gasteiger partial charge is 0.264 e. The van der Waals surface area contributed by atoms with Crippen LogP contribution in [-0.2, 0) is 9.53 Å². The molecule has 2 N–H and O–H groups in total. The topological polar surface area (TPSA) is 93.5 Å². The van der Waals surface area contributed by atoms with Crippen molar-refractivity contribution in [3.05, 3.63) is 53.6 Å². The van der Waals surface area contributed by atoms with Gasteiger partial charge < -0.3 is 19.8 Å². The van der Waals surface area contributed by atoms with E-state index in [4.69, 9.17) is 9.15 Å². The van der Waals surface area contributed by atoms with Gasteiger partial charge in [0.05, 0.1) is 25.1 Å². The van der Waals surface area contributed by atoms with Crippen molar-refractivity contribution in [3.63, 3.8) is 0 Å². The molecule has 0 bridgehead atoms. The summed E-state index contributed by atoms with van der Waals surface area (Å²) in [5.74, 6) is -0.0444. The van der Waals surface area contributed by atoms with Crippen LogP contribution < -0.4 is 10.6 Å². The van der Waals surface area contributed by atoms with Crippen LogP contribution in [0.1, 0.15) is 9.67 Å². The van der Waals surface area contributed by atoms with Crippen LogP contribution >= 0.6 is 11.3 Å². The van der Waals surface area contributed by atoms with Crippen LogP contribution in [0, 0.1) is 0 Å². The molecule has 0 spiro atoms. The molecule has 8 heteroatoms. The minimum absolute atomic E-state index is 0.120. The zero-order valence-electron chi connectivity index (χ0n) is 14.7. The summed E-state index contributed by atoms with van der Waals surface area (Å²) in [7, 11) is 1.56. The fourth-order valence-corrected chi connectivity index (χ4v) is 3.34. The van der Waals surface area contributed by atoms with E-state index < -0.39 is 0 Å². The van der Waals surface area contributed by atoms with Gasteiger partial charge in [0.1, 0.15) is 4.88 Å². The largest absolute Gasteiger partial charge is 0.462 e. The zero-order chi connectivity index (χ0) is 19.1. The normalized spacial score (nSPS) is 10.6. The molecule has 0 aliphatic heterocycles. The molecule has 0 atom stereocenters. The highest BCUT2D eigenvalue weighted by Gasteiger charge is 2.21. The molecule has 0 fully saturated rings. The Labute approximate surface area is 160 Å². The number of amides is 2. The first-order valence-electron chi connectivity index (χ1n) is 8.33. The molecule has 7 nitrogen and oxygen atoms in total. The van der Waals surface area contributed by atoms with Crippen molar-refractivity contribution in [1.82, 2.24) is 15.6 Å². The third-order valence-corrected chi connectivity index (χ3v) is 4.72. The number of carbonyl (C=O) groups excluding carboxylic acids is 2. The van der Waals surface area contributed by atoms with Gasteiger partial charge in [-0.1, -0.05) is 30.3 Å². The second-order valence-corrected chi connectivity index (χ2v) is 6.56. The quantitative estimate of drug-likeness (QED) is 0.581. The Kier molecular flexibility index (Phi) is 6.35. The van der Waals surface area contributed by atoms with E-state index >= 15 is 0 Å². The molecule has 3 aromatic rings. The van der Waals surface area contributed by atoms with E-state index in [2.05, 4.69) is 15.6 Å². The van der Waals surface area contributed by atoms with Crippen LogP contribution in [0.4, 0.5) is 0 Å². The van der Waals surface area contributed by atoms with Gasteiger partial charge in [-0.05, 0) is 12.1 Å². The van der Waals surface area contributed by atoms with E-state index in [0.717, 1.165) is 5.56 Å². The Morgan fingerprint density at radius 3 is 2.67 bits per heavy atom. The third-order valence-electron chi connectivity index (χ3n) is 3.65. The second kappa shape index (κ2) is 9.11. The highest BCUT2D eigenvalue weighted by atomic mass is 32.1. The fourth-order valence-electron chi connectivity index (χ4n) is 2.37. The standard InChI is InChI=1S/C19H19N3O4S/c1-25-11-9-20-15(23)12-21-18(24)17-16(13-6-3-2-4-7-13)22-19(27-17)14-8-5-10-26-14/h2-8,10H,9,11-12H2,1H3,(H,20,23)(H,21,24). The predicted molar refractivity (Wildman–Crippen MR) is 102 cm³/mol. The van der Waals surface area contributed by atoms with Crippen molar-refractivity contribution in [2.75, 3.05) is 26.8 Å². The predicted octanol–water partition coefficient (Wildman–Crippen LogP) is 2.56. The zero-order valence-corrected chi connectivity index (χ0v) is 15.5. The minimum atomic E-state index is -0.356. The van der Waals surface area contributed by atoms with Gasteiger partial charge in [0.25, 0.3) is 5.91 Å². The number of rotatable bonds is 8. The minimum Gasteiger partial charge on any atom is -0.462 e. The first-order valence-corrected chi connectivity index (χ1v) is 9.14. The SMILES string of the molecule is COCCNC(=O)CNC(=O)c1sc(-c2ccco2)nc1-c1ccccc1. The number of aromatic nitrogens is 1. The number of thiazole rings is 1. The number of hydrogen-bond donors (Lipinski definition) is 2. The number of furan rings is 1. The fraction of sp³-hybridized carbons (Fsp3) is 0.211. The number of ether oxygens (including phenoxy) is 1. The maximum atomic E-state index is 12.7. The van der Waals surface area contributed by atoms with Gasteiger partial charge in [0, 0.05) is 19.2 Å². The van der Waals surface area contributed by atoms with Gasteiger partial charge in [-0.25, -0.2) is 4.98 Å². The molecule has 27 heavy (non-hydrogen) atoms. The summed E-state index contributed by atoms with van der Waals surface area (Å²) in [6.45, 7) is 0.688. The summed E-state index contributed by atoms with van der Waals surface area (Å²) in [4.78, 5) is 29.5. The summed E-state index contributed by atoms with van der Waals surface area (Å²) < 4.78 is 10.3. The molecule has 0 saturated heterocycles. The van der Waals surface area contributed by atoms with E-state index in [1.165, 1.54) is 11.3 Å². The molecular formula is C19H19N3O4S. The Hall–Kier alpha value is -2.97. The van der Waals surface area contributed by atoms with E-state index in [0.29, 0.717) is 34.5 Å². The first-order chi connectivity index (χ1) is 13.2. The number of carbonyl (C=O) groups is 2. The number of nitrogens with zero attached hydrogens (tertiary/aromatic N) is 1. The monoisotopic (exact) mass is 385 g/mol. The van der Waals surface area contributed by atoms with Crippen molar-refractivity contribution in [1.29, 1.82) is 0 Å². The number of hydrogen-bond acceptors (Lipinski definition) is 6. The molecule has 2 aromatic heterocycles. The van der Waals surface area contributed by atoms with Crippen molar-refractivity contribution < 1.29 is 18.7 Å². The molecule has 2 heterocycles. The van der Waals surface area contributed by atoms with E-state index in [9.17, 15) is 9.59 Å². The van der Waals surface area contributed by atoms with Crippen molar-refractivity contribution in [2.45, 2.75) is 0 Å². The lowest BCUT2D eigenvalue weighted by Gasteiger charge is -2.06. The second-order valence-electron chi connectivity index (χ2n) is 5.57. The van der Waals surface area contributed by atoms with Crippen molar-refractivity contribution in [3.8, 4) is 22.0 Å². The number of methoxy groups -OCH3 is 1. The van der Waals surface area contributed by atoms with E-state index in [-0.39, 0.29) is 18.4 Å². The first kappa shape index (κ1) is 18.8. The van der Waals surface area contributed by atoms with Gasteiger partial charge >= 0.3 is 0 Å². The summed E-state index contributed by atoms with van der Waals surface area (Å²) in [6.07, 6.45) is 1.56. The lowest BCUT2D eigenvalue weighted by molar-refractivity contribution is -0.120. The van der Waals surface area contributed by atoms with Gasteiger partial charge in [-0.3, -0.25) is 9.59 Å². The van der Waals surface area contributed by atoms with Gasteiger partial charge in [-0.2, -0.15) is 0 Å². The number of benzene rings is 1. The van der Waals surface area contributed by atoms with Gasteiger partial charge in [0.2, 0.25) is 5.91 Å². The van der Waals surface area contributed by atoms with Crippen molar-refractivity contribution in [2.24, 2.45) is 0 Å². The lowest BCUT2D eigenvalue weighted by Crippen LogP contribution is -2.38. The molecular weight excluding hydrogens is 366 g/mol. The molecule has 0 radical (unpaired) electrons. The summed E-state index contributed by atoms with van der Waals surface area (Å²) in [6, 6.07) is 13.0. The van der Waals surface area contributed by atoms with E-state index in [1.807, 2.05) is 30.3 Å². The highest BCUT2D eigenvalue weighted by Crippen LogP contribution is 2.33. The molecule has 2 amide bonds. The Bertz CT molecular complexity index is 891. The van der Waals surface area contributed by atoms with Crippen molar-refractivity contribution >= 4 is 23.2 Å². The molecule has 140 valence electrons. The highest BCUT2D eigenvalue weighted by molar-refractivity contribution is 7.17. The van der Waals surface area contributed by atoms with E-state index in [1.54, 1.807) is 25.5 Å². The molecule has 1 aromatic carbocycles. The Morgan fingerprint density at radius 1 is 1.15 bits per heavy atom. The van der Waals surface area contributed by atoms with Gasteiger partial charge in [0.15, 0.2) is 10.8 Å². The molecule has 3 rings (SSSR count). The van der Waals surface area contributed by atoms with Crippen LogP contribution in [0.2, 0.25) is 0 Å². The maximum absolute atomic E-state index is 12.7.